The number of thioether (sulfide) groups is 1. The van der Waals surface area contributed by atoms with Gasteiger partial charge >= 0.3 is 5.97 Å². The molecule has 4 N–H and O–H groups in total. The summed E-state index contributed by atoms with van der Waals surface area (Å²) in [5.41, 5.74) is 0. The standard InChI is InChI=1S/C11H22N2O6S2/c1-3-21(18,19)13-8(5-7-20-2)10(15)12-9(4-6-14)11(16)17/h8-9,13-14H,3-7H2,1-2H3,(H,12,15)(H,16,17). The molecule has 2 unspecified atom stereocenters. The van der Waals surface area contributed by atoms with Crippen LogP contribution in [0.5, 0.6) is 0 Å². The quantitative estimate of drug-likeness (QED) is 0.378. The van der Waals surface area contributed by atoms with Crippen LogP contribution >= 0.6 is 11.8 Å². The number of nitrogens with one attached hydrogen (secondary N) is 2. The third-order valence-electron chi connectivity index (χ3n) is 2.66. The summed E-state index contributed by atoms with van der Waals surface area (Å²) in [7, 11) is -3.58. The molecule has 0 aliphatic heterocycles. The van der Waals surface area contributed by atoms with Gasteiger partial charge in [-0.05, 0) is 25.4 Å². The van der Waals surface area contributed by atoms with Crippen molar-refractivity contribution in [2.45, 2.75) is 31.8 Å². The maximum Gasteiger partial charge on any atom is 0.326 e. The Balaban J connectivity index is 4.88. The van der Waals surface area contributed by atoms with E-state index in [1.165, 1.54) is 18.7 Å². The summed E-state index contributed by atoms with van der Waals surface area (Å²) in [6.45, 7) is 1.05. The van der Waals surface area contributed by atoms with Crippen LogP contribution in [0.25, 0.3) is 0 Å². The number of amides is 1. The summed E-state index contributed by atoms with van der Waals surface area (Å²) in [5, 5.41) is 19.9. The highest BCUT2D eigenvalue weighted by atomic mass is 32.2. The zero-order chi connectivity index (χ0) is 16.5. The van der Waals surface area contributed by atoms with E-state index < -0.39 is 40.6 Å². The summed E-state index contributed by atoms with van der Waals surface area (Å²) in [6, 6.07) is -2.27. The first-order chi connectivity index (χ1) is 9.77. The normalized spacial score (nSPS) is 14.4. The van der Waals surface area contributed by atoms with Crippen LogP contribution in [0.4, 0.5) is 0 Å². The van der Waals surface area contributed by atoms with Gasteiger partial charge < -0.3 is 15.5 Å². The number of carboxylic acid groups (broad SMARTS) is 1. The van der Waals surface area contributed by atoms with E-state index in [1.807, 2.05) is 6.26 Å². The fourth-order valence-electron chi connectivity index (χ4n) is 1.44. The minimum Gasteiger partial charge on any atom is -0.480 e. The van der Waals surface area contributed by atoms with Crippen molar-refractivity contribution in [3.63, 3.8) is 0 Å². The van der Waals surface area contributed by atoms with Gasteiger partial charge in [-0.3, -0.25) is 4.79 Å². The van der Waals surface area contributed by atoms with E-state index in [9.17, 15) is 18.0 Å². The third kappa shape index (κ3) is 8.24. The van der Waals surface area contributed by atoms with Crippen molar-refractivity contribution in [1.29, 1.82) is 0 Å². The van der Waals surface area contributed by atoms with Gasteiger partial charge in [-0.15, -0.1) is 0 Å². The fourth-order valence-corrected chi connectivity index (χ4v) is 2.73. The van der Waals surface area contributed by atoms with Crippen molar-refractivity contribution in [2.75, 3.05) is 24.4 Å². The molecule has 0 radical (unpaired) electrons. The lowest BCUT2D eigenvalue weighted by Gasteiger charge is -2.20. The van der Waals surface area contributed by atoms with Crippen molar-refractivity contribution in [3.8, 4) is 0 Å². The molecule has 10 heteroatoms. The van der Waals surface area contributed by atoms with Gasteiger partial charge in [-0.25, -0.2) is 17.9 Å². The van der Waals surface area contributed by atoms with Crippen molar-refractivity contribution < 1.29 is 28.2 Å². The molecule has 0 bridgehead atoms. The second-order valence-corrected chi connectivity index (χ2v) is 7.30. The summed E-state index contributed by atoms with van der Waals surface area (Å²) in [5.74, 6) is -1.61. The molecule has 0 heterocycles. The second-order valence-electron chi connectivity index (χ2n) is 4.27. The SMILES string of the molecule is CCS(=O)(=O)NC(CCSC)C(=O)NC(CCO)C(=O)O. The first kappa shape index (κ1) is 20.2. The number of carbonyl (C=O) groups is 2. The Labute approximate surface area is 128 Å². The zero-order valence-electron chi connectivity index (χ0n) is 12.0. The Kier molecular flexibility index (Phi) is 9.58. The molecule has 0 aliphatic carbocycles. The average Bonchev–Trinajstić information content (AvgIpc) is 2.42. The number of aliphatic hydroxyl groups is 1. The Bertz CT molecular complexity index is 440. The van der Waals surface area contributed by atoms with Crippen LogP contribution < -0.4 is 10.0 Å². The first-order valence-electron chi connectivity index (χ1n) is 6.40. The molecule has 1 amide bonds. The van der Waals surface area contributed by atoms with Gasteiger partial charge in [0.25, 0.3) is 0 Å². The van der Waals surface area contributed by atoms with Crippen LogP contribution in [0.3, 0.4) is 0 Å². The largest absolute Gasteiger partial charge is 0.480 e. The molecule has 0 aliphatic rings. The van der Waals surface area contributed by atoms with Crippen molar-refractivity contribution >= 4 is 33.7 Å². The van der Waals surface area contributed by atoms with Gasteiger partial charge in [0.05, 0.1) is 5.75 Å². The number of aliphatic carboxylic acids is 1. The number of carboxylic acids is 1. The van der Waals surface area contributed by atoms with E-state index >= 15 is 0 Å². The van der Waals surface area contributed by atoms with Gasteiger partial charge in [0.1, 0.15) is 12.1 Å². The topological polar surface area (TPSA) is 133 Å². The predicted molar refractivity (Wildman–Crippen MR) is 80.7 cm³/mol. The summed E-state index contributed by atoms with van der Waals surface area (Å²) < 4.78 is 25.4. The molecule has 124 valence electrons. The molecule has 0 aromatic rings. The number of rotatable bonds is 11. The number of hydrogen-bond acceptors (Lipinski definition) is 6. The van der Waals surface area contributed by atoms with Gasteiger partial charge in [0.15, 0.2) is 0 Å². The van der Waals surface area contributed by atoms with Crippen LogP contribution in [-0.2, 0) is 19.6 Å². The minimum absolute atomic E-state index is 0.142. The molecule has 0 saturated heterocycles. The lowest BCUT2D eigenvalue weighted by molar-refractivity contribution is -0.142. The number of sulfonamides is 1. The van der Waals surface area contributed by atoms with Crippen LogP contribution in [0.1, 0.15) is 19.8 Å². The Morgan fingerprint density at radius 3 is 2.29 bits per heavy atom. The molecule has 8 nitrogen and oxygen atoms in total. The van der Waals surface area contributed by atoms with Gasteiger partial charge in [-0.1, -0.05) is 0 Å². The average molecular weight is 342 g/mol. The smallest absolute Gasteiger partial charge is 0.326 e. The summed E-state index contributed by atoms with van der Waals surface area (Å²) in [4.78, 5) is 23.0. The van der Waals surface area contributed by atoms with Gasteiger partial charge in [0, 0.05) is 13.0 Å². The molecule has 0 aromatic carbocycles. The van der Waals surface area contributed by atoms with Crippen LogP contribution in [0.2, 0.25) is 0 Å². The third-order valence-corrected chi connectivity index (χ3v) is 4.71. The van der Waals surface area contributed by atoms with E-state index in [-0.39, 0.29) is 18.6 Å². The molecule has 0 aromatic heterocycles. The molecule has 0 saturated carbocycles. The highest BCUT2D eigenvalue weighted by Crippen LogP contribution is 2.04. The lowest BCUT2D eigenvalue weighted by atomic mass is 10.1. The highest BCUT2D eigenvalue weighted by molar-refractivity contribution is 7.98. The van der Waals surface area contributed by atoms with Gasteiger partial charge in [-0.2, -0.15) is 11.8 Å². The maximum absolute atomic E-state index is 12.0. The Morgan fingerprint density at radius 1 is 1.24 bits per heavy atom. The van der Waals surface area contributed by atoms with E-state index in [1.54, 1.807) is 0 Å². The van der Waals surface area contributed by atoms with Crippen molar-refractivity contribution in [1.82, 2.24) is 10.0 Å². The van der Waals surface area contributed by atoms with Crippen LogP contribution in [-0.4, -0.2) is 67.0 Å². The predicted octanol–water partition coefficient (Wildman–Crippen LogP) is -1.00. The molecule has 0 fully saturated rings. The maximum atomic E-state index is 12.0. The lowest BCUT2D eigenvalue weighted by Crippen LogP contribution is -2.52. The summed E-state index contributed by atoms with van der Waals surface area (Å²) >= 11 is 1.45. The molecule has 0 spiro atoms. The minimum atomic E-state index is -3.58. The number of aliphatic hydroxyl groups excluding tert-OH is 1. The monoisotopic (exact) mass is 342 g/mol. The molecule has 2 atom stereocenters. The van der Waals surface area contributed by atoms with E-state index in [4.69, 9.17) is 10.2 Å². The van der Waals surface area contributed by atoms with E-state index in [0.717, 1.165) is 0 Å². The van der Waals surface area contributed by atoms with Crippen molar-refractivity contribution in [3.05, 3.63) is 0 Å². The van der Waals surface area contributed by atoms with E-state index in [0.29, 0.717) is 5.75 Å². The summed E-state index contributed by atoms with van der Waals surface area (Å²) in [6.07, 6.45) is 1.92. The Morgan fingerprint density at radius 2 is 1.86 bits per heavy atom. The zero-order valence-corrected chi connectivity index (χ0v) is 13.7. The fraction of sp³-hybridized carbons (Fsp3) is 0.818. The first-order valence-corrected chi connectivity index (χ1v) is 9.45. The van der Waals surface area contributed by atoms with Gasteiger partial charge in [0.2, 0.25) is 15.9 Å². The molecular formula is C11H22N2O6S2. The van der Waals surface area contributed by atoms with E-state index in [2.05, 4.69) is 10.0 Å². The van der Waals surface area contributed by atoms with Crippen LogP contribution in [0.15, 0.2) is 0 Å². The van der Waals surface area contributed by atoms with Crippen molar-refractivity contribution in [2.24, 2.45) is 0 Å². The van der Waals surface area contributed by atoms with Crippen LogP contribution in [0, 0.1) is 0 Å². The molecular weight excluding hydrogens is 320 g/mol. The second kappa shape index (κ2) is 9.98. The number of carbonyl (C=O) groups excluding carboxylic acids is 1. The number of hydrogen-bond donors (Lipinski definition) is 4. The molecule has 21 heavy (non-hydrogen) atoms. The highest BCUT2D eigenvalue weighted by Gasteiger charge is 2.27. The molecule has 0 rings (SSSR count). The Hall–Kier alpha value is -0.840.